The van der Waals surface area contributed by atoms with Gasteiger partial charge < -0.3 is 15.7 Å². The molecule has 0 saturated carbocycles. The van der Waals surface area contributed by atoms with Gasteiger partial charge in [-0.1, -0.05) is 26.0 Å². The monoisotopic (exact) mass is 282 g/mol. The van der Waals surface area contributed by atoms with Crippen LogP contribution in [0.15, 0.2) is 24.3 Å². The number of benzene rings is 1. The second-order valence-electron chi connectivity index (χ2n) is 5.26. The number of nitrogens with one attached hydrogen (secondary N) is 2. The number of carbonyl (C=O) groups is 2. The molecule has 0 unspecified atom stereocenters. The molecule has 1 rings (SSSR count). The van der Waals surface area contributed by atoms with Crippen LogP contribution in [0.2, 0.25) is 0 Å². The van der Waals surface area contributed by atoms with Crippen molar-refractivity contribution in [3.05, 3.63) is 35.6 Å². The molecule has 2 amide bonds. The van der Waals surface area contributed by atoms with Gasteiger partial charge >= 0.3 is 0 Å². The Morgan fingerprint density at radius 3 is 2.50 bits per heavy atom. The second-order valence-corrected chi connectivity index (χ2v) is 5.26. The summed E-state index contributed by atoms with van der Waals surface area (Å²) in [5, 5.41) is 14.0. The summed E-state index contributed by atoms with van der Waals surface area (Å²) in [5.74, 6) is -1.66. The number of rotatable bonds is 6. The summed E-state index contributed by atoms with van der Waals surface area (Å²) in [6.45, 7) is 3.58. The van der Waals surface area contributed by atoms with Crippen LogP contribution in [0.5, 0.6) is 0 Å². The molecule has 0 radical (unpaired) electrons. The standard InChI is InChI=1S/C14H19FN2O3/c1-14(2,9-18)8-17-12(19)7-16-13(20)10-5-3-4-6-11(10)15/h3-6,18H,7-9H2,1-2H3,(H,16,20)(H,17,19). The van der Waals surface area contributed by atoms with Gasteiger partial charge in [-0.15, -0.1) is 0 Å². The minimum absolute atomic E-state index is 0.0606. The van der Waals surface area contributed by atoms with Crippen LogP contribution in [-0.2, 0) is 4.79 Å². The van der Waals surface area contributed by atoms with Gasteiger partial charge in [0, 0.05) is 18.6 Å². The van der Waals surface area contributed by atoms with Gasteiger partial charge in [0.15, 0.2) is 0 Å². The Kier molecular flexibility index (Phi) is 5.64. The van der Waals surface area contributed by atoms with Gasteiger partial charge in [0.05, 0.1) is 12.1 Å². The Bertz CT molecular complexity index is 489. The predicted molar refractivity (Wildman–Crippen MR) is 72.6 cm³/mol. The number of hydrogen-bond acceptors (Lipinski definition) is 3. The van der Waals surface area contributed by atoms with Gasteiger partial charge in [-0.25, -0.2) is 4.39 Å². The van der Waals surface area contributed by atoms with Gasteiger partial charge in [0.2, 0.25) is 5.91 Å². The zero-order valence-electron chi connectivity index (χ0n) is 11.6. The van der Waals surface area contributed by atoms with Crippen LogP contribution < -0.4 is 10.6 Å². The molecule has 110 valence electrons. The Morgan fingerprint density at radius 1 is 1.25 bits per heavy atom. The fourth-order valence-electron chi connectivity index (χ4n) is 1.36. The maximum atomic E-state index is 13.3. The lowest BCUT2D eigenvalue weighted by Gasteiger charge is -2.21. The van der Waals surface area contributed by atoms with E-state index in [1.54, 1.807) is 19.9 Å². The average molecular weight is 282 g/mol. The number of amides is 2. The molecule has 0 heterocycles. The third-order valence-electron chi connectivity index (χ3n) is 2.72. The van der Waals surface area contributed by atoms with Crippen LogP contribution in [0.3, 0.4) is 0 Å². The molecule has 5 nitrogen and oxygen atoms in total. The summed E-state index contributed by atoms with van der Waals surface area (Å²) in [6.07, 6.45) is 0. The van der Waals surface area contributed by atoms with Crippen molar-refractivity contribution in [3.63, 3.8) is 0 Å². The molecule has 0 aromatic heterocycles. The van der Waals surface area contributed by atoms with Crippen LogP contribution in [0, 0.1) is 11.2 Å². The highest BCUT2D eigenvalue weighted by atomic mass is 19.1. The first kappa shape index (κ1) is 16.1. The van der Waals surface area contributed by atoms with E-state index in [2.05, 4.69) is 10.6 Å². The summed E-state index contributed by atoms with van der Waals surface area (Å²) < 4.78 is 13.3. The highest BCUT2D eigenvalue weighted by Gasteiger charge is 2.18. The van der Waals surface area contributed by atoms with E-state index in [4.69, 9.17) is 5.11 Å². The summed E-state index contributed by atoms with van der Waals surface area (Å²) in [6, 6.07) is 5.55. The number of aliphatic hydroxyl groups excluding tert-OH is 1. The molecule has 1 aromatic carbocycles. The van der Waals surface area contributed by atoms with Crippen molar-refractivity contribution in [1.82, 2.24) is 10.6 Å². The van der Waals surface area contributed by atoms with Crippen LogP contribution in [0.1, 0.15) is 24.2 Å². The molecular formula is C14H19FN2O3. The summed E-state index contributed by atoms with van der Waals surface area (Å²) in [5.41, 5.74) is -0.526. The predicted octanol–water partition coefficient (Wildman–Crippen LogP) is 0.690. The summed E-state index contributed by atoms with van der Waals surface area (Å²) in [4.78, 5) is 23.2. The molecule has 0 aliphatic carbocycles. The molecule has 0 saturated heterocycles. The Morgan fingerprint density at radius 2 is 1.90 bits per heavy atom. The van der Waals surface area contributed by atoms with E-state index in [1.165, 1.54) is 18.2 Å². The number of halogens is 1. The minimum Gasteiger partial charge on any atom is -0.396 e. The van der Waals surface area contributed by atoms with Crippen molar-refractivity contribution in [1.29, 1.82) is 0 Å². The lowest BCUT2D eigenvalue weighted by Crippen LogP contribution is -2.41. The van der Waals surface area contributed by atoms with E-state index in [1.807, 2.05) is 0 Å². The van der Waals surface area contributed by atoms with Crippen LogP contribution in [0.4, 0.5) is 4.39 Å². The summed E-state index contributed by atoms with van der Waals surface area (Å²) in [7, 11) is 0. The van der Waals surface area contributed by atoms with Crippen molar-refractivity contribution in [3.8, 4) is 0 Å². The zero-order chi connectivity index (χ0) is 15.2. The third kappa shape index (κ3) is 4.97. The molecule has 20 heavy (non-hydrogen) atoms. The normalized spacial score (nSPS) is 11.0. The maximum Gasteiger partial charge on any atom is 0.254 e. The molecule has 0 aliphatic rings. The SMILES string of the molecule is CC(C)(CO)CNC(=O)CNC(=O)c1ccccc1F. The zero-order valence-corrected chi connectivity index (χ0v) is 11.6. The molecule has 1 aromatic rings. The van der Waals surface area contributed by atoms with E-state index < -0.39 is 23.0 Å². The highest BCUT2D eigenvalue weighted by molar-refractivity contribution is 5.96. The smallest absolute Gasteiger partial charge is 0.254 e. The van der Waals surface area contributed by atoms with Gasteiger partial charge in [-0.3, -0.25) is 9.59 Å². The lowest BCUT2D eigenvalue weighted by molar-refractivity contribution is -0.120. The van der Waals surface area contributed by atoms with Crippen LogP contribution in [-0.4, -0.2) is 36.6 Å². The number of carbonyl (C=O) groups excluding carboxylic acids is 2. The third-order valence-corrected chi connectivity index (χ3v) is 2.72. The van der Waals surface area contributed by atoms with Crippen molar-refractivity contribution in [2.24, 2.45) is 5.41 Å². The second kappa shape index (κ2) is 7.00. The minimum atomic E-state index is -0.639. The molecule has 0 atom stereocenters. The van der Waals surface area contributed by atoms with Crippen LogP contribution >= 0.6 is 0 Å². The highest BCUT2D eigenvalue weighted by Crippen LogP contribution is 2.10. The molecule has 0 bridgehead atoms. The average Bonchev–Trinajstić information content (AvgIpc) is 2.43. The number of hydrogen-bond donors (Lipinski definition) is 3. The molecule has 0 fully saturated rings. The topological polar surface area (TPSA) is 78.4 Å². The van der Waals surface area contributed by atoms with E-state index in [-0.39, 0.29) is 25.3 Å². The Labute approximate surface area is 117 Å². The summed E-state index contributed by atoms with van der Waals surface area (Å²) >= 11 is 0. The first-order valence-electron chi connectivity index (χ1n) is 6.26. The molecule has 0 spiro atoms. The van der Waals surface area contributed by atoms with Crippen molar-refractivity contribution in [2.45, 2.75) is 13.8 Å². The first-order chi connectivity index (χ1) is 9.35. The van der Waals surface area contributed by atoms with Gasteiger partial charge in [-0.05, 0) is 12.1 Å². The Balaban J connectivity index is 2.42. The fourth-order valence-corrected chi connectivity index (χ4v) is 1.36. The maximum absolute atomic E-state index is 13.3. The fraction of sp³-hybridized carbons (Fsp3) is 0.429. The largest absolute Gasteiger partial charge is 0.396 e. The number of aliphatic hydroxyl groups is 1. The van der Waals surface area contributed by atoms with E-state index >= 15 is 0 Å². The van der Waals surface area contributed by atoms with E-state index in [9.17, 15) is 14.0 Å². The lowest BCUT2D eigenvalue weighted by atomic mass is 9.95. The van der Waals surface area contributed by atoms with Gasteiger partial charge in [0.1, 0.15) is 5.82 Å². The van der Waals surface area contributed by atoms with Crippen LogP contribution in [0.25, 0.3) is 0 Å². The van der Waals surface area contributed by atoms with Gasteiger partial charge in [0.25, 0.3) is 5.91 Å². The molecule has 6 heteroatoms. The quantitative estimate of drug-likeness (QED) is 0.718. The van der Waals surface area contributed by atoms with Crippen molar-refractivity contribution >= 4 is 11.8 Å². The van der Waals surface area contributed by atoms with Crippen molar-refractivity contribution < 1.29 is 19.1 Å². The van der Waals surface area contributed by atoms with E-state index in [0.29, 0.717) is 0 Å². The molecule has 3 N–H and O–H groups in total. The van der Waals surface area contributed by atoms with Gasteiger partial charge in [-0.2, -0.15) is 0 Å². The molecule has 0 aliphatic heterocycles. The van der Waals surface area contributed by atoms with E-state index in [0.717, 1.165) is 0 Å². The first-order valence-corrected chi connectivity index (χ1v) is 6.26. The van der Waals surface area contributed by atoms with Crippen molar-refractivity contribution in [2.75, 3.05) is 19.7 Å². The Hall–Kier alpha value is -1.95. The molecular weight excluding hydrogens is 263 g/mol.